The van der Waals surface area contributed by atoms with E-state index >= 15 is 0 Å². The summed E-state index contributed by atoms with van der Waals surface area (Å²) < 4.78 is 4.12. The number of nitrogens with zero attached hydrogens (tertiary/aromatic N) is 2. The molecule has 2 N–H and O–H groups in total. The number of nitrogens with one attached hydrogen (secondary N) is 1. The molecule has 1 saturated heterocycles. The maximum Gasteiger partial charge on any atom is 0.250 e. The SMILES string of the molecule is O=c1cccc2n1C[C@H]1C[C@@H]2C[NH+](C[C@@H](O)Cn2ccc3ccccc32)C1. The Morgan fingerprint density at radius 1 is 1.11 bits per heavy atom. The maximum absolute atomic E-state index is 12.2. The number of likely N-dealkylation sites (tertiary alicyclic amines) is 1. The molecular formula is C22H26N3O2+. The lowest BCUT2D eigenvalue weighted by atomic mass is 9.83. The molecule has 1 aromatic carbocycles. The van der Waals surface area contributed by atoms with Gasteiger partial charge in [-0.25, -0.2) is 0 Å². The largest absolute Gasteiger partial charge is 0.385 e. The number of aliphatic hydroxyl groups is 1. The highest BCUT2D eigenvalue weighted by Crippen LogP contribution is 2.30. The lowest BCUT2D eigenvalue weighted by Gasteiger charge is -2.40. The fourth-order valence-electron chi connectivity index (χ4n) is 5.21. The van der Waals surface area contributed by atoms with Crippen molar-refractivity contribution >= 4 is 10.9 Å². The molecule has 4 atom stereocenters. The van der Waals surface area contributed by atoms with E-state index in [0.717, 1.165) is 26.2 Å². The van der Waals surface area contributed by atoms with Crippen molar-refractivity contribution in [1.29, 1.82) is 0 Å². The zero-order valence-electron chi connectivity index (χ0n) is 15.4. The van der Waals surface area contributed by atoms with Gasteiger partial charge in [0, 0.05) is 41.9 Å². The summed E-state index contributed by atoms with van der Waals surface area (Å²) in [6, 6.07) is 16.1. The Morgan fingerprint density at radius 3 is 2.93 bits per heavy atom. The summed E-state index contributed by atoms with van der Waals surface area (Å²) >= 11 is 0. The predicted molar refractivity (Wildman–Crippen MR) is 105 cm³/mol. The quantitative estimate of drug-likeness (QED) is 0.722. The van der Waals surface area contributed by atoms with E-state index in [1.54, 1.807) is 6.07 Å². The van der Waals surface area contributed by atoms with E-state index in [1.165, 1.54) is 27.9 Å². The zero-order chi connectivity index (χ0) is 18.4. The number of rotatable bonds is 4. The second kappa shape index (κ2) is 6.66. The van der Waals surface area contributed by atoms with Crippen molar-refractivity contribution in [3.63, 3.8) is 0 Å². The number of aliphatic hydroxyl groups excluding tert-OH is 1. The van der Waals surface area contributed by atoms with Gasteiger partial charge in [-0.2, -0.15) is 0 Å². The van der Waals surface area contributed by atoms with Gasteiger partial charge in [0.1, 0.15) is 12.6 Å². The molecule has 140 valence electrons. The summed E-state index contributed by atoms with van der Waals surface area (Å²) in [4.78, 5) is 13.6. The molecule has 4 heterocycles. The van der Waals surface area contributed by atoms with Crippen molar-refractivity contribution in [3.8, 4) is 0 Å². The van der Waals surface area contributed by atoms with Crippen LogP contribution in [0.25, 0.3) is 10.9 Å². The topological polar surface area (TPSA) is 51.6 Å². The second-order valence-corrected chi connectivity index (χ2v) is 8.24. The normalized spacial score (nSPS) is 25.3. The average molecular weight is 364 g/mol. The van der Waals surface area contributed by atoms with E-state index in [4.69, 9.17) is 0 Å². The molecule has 1 unspecified atom stereocenters. The van der Waals surface area contributed by atoms with Gasteiger partial charge in [0.25, 0.3) is 5.56 Å². The Balaban J connectivity index is 1.29. The number of quaternary nitrogens is 1. The highest BCUT2D eigenvalue weighted by molar-refractivity contribution is 5.79. The second-order valence-electron chi connectivity index (χ2n) is 8.24. The Kier molecular flexibility index (Phi) is 4.14. The molecule has 2 aliphatic rings. The molecule has 2 aromatic heterocycles. The molecule has 0 saturated carbocycles. The minimum Gasteiger partial charge on any atom is -0.385 e. The Morgan fingerprint density at radius 2 is 2.00 bits per heavy atom. The first-order valence-electron chi connectivity index (χ1n) is 9.92. The first kappa shape index (κ1) is 16.8. The van der Waals surface area contributed by atoms with Crippen LogP contribution in [0.5, 0.6) is 0 Å². The van der Waals surface area contributed by atoms with Gasteiger partial charge in [-0.3, -0.25) is 4.79 Å². The summed E-state index contributed by atoms with van der Waals surface area (Å²) in [6.45, 7) is 4.26. The van der Waals surface area contributed by atoms with Gasteiger partial charge < -0.3 is 19.1 Å². The Hall–Kier alpha value is -2.37. The molecule has 1 fully saturated rings. The van der Waals surface area contributed by atoms with Gasteiger partial charge in [-0.05, 0) is 30.0 Å². The average Bonchev–Trinajstić information content (AvgIpc) is 3.05. The predicted octanol–water partition coefficient (Wildman–Crippen LogP) is 0.866. The first-order valence-corrected chi connectivity index (χ1v) is 9.92. The lowest BCUT2D eigenvalue weighted by molar-refractivity contribution is -0.914. The summed E-state index contributed by atoms with van der Waals surface area (Å²) in [5.41, 5.74) is 2.49. The molecule has 27 heavy (non-hydrogen) atoms. The summed E-state index contributed by atoms with van der Waals surface area (Å²) in [5.74, 6) is 0.965. The van der Waals surface area contributed by atoms with Crippen LogP contribution in [0.15, 0.2) is 59.5 Å². The molecule has 0 amide bonds. The van der Waals surface area contributed by atoms with E-state index in [2.05, 4.69) is 35.0 Å². The molecule has 0 radical (unpaired) electrons. The number of pyridine rings is 1. The van der Waals surface area contributed by atoms with Gasteiger partial charge in [-0.15, -0.1) is 0 Å². The van der Waals surface area contributed by atoms with Gasteiger partial charge in [0.05, 0.1) is 19.6 Å². The monoisotopic (exact) mass is 364 g/mol. The van der Waals surface area contributed by atoms with Crippen molar-refractivity contribution in [2.45, 2.75) is 31.5 Å². The third kappa shape index (κ3) is 3.11. The van der Waals surface area contributed by atoms with Crippen LogP contribution in [0, 0.1) is 5.92 Å². The third-order valence-corrected chi connectivity index (χ3v) is 6.28. The maximum atomic E-state index is 12.2. The first-order chi connectivity index (χ1) is 13.2. The van der Waals surface area contributed by atoms with E-state index in [9.17, 15) is 9.90 Å². The van der Waals surface area contributed by atoms with Crippen molar-refractivity contribution in [2.24, 2.45) is 5.92 Å². The van der Waals surface area contributed by atoms with Gasteiger partial charge in [0.2, 0.25) is 0 Å². The highest BCUT2D eigenvalue weighted by Gasteiger charge is 2.37. The van der Waals surface area contributed by atoms with Gasteiger partial charge in [0.15, 0.2) is 0 Å². The summed E-state index contributed by atoms with van der Waals surface area (Å²) in [7, 11) is 0. The minimum absolute atomic E-state index is 0.130. The summed E-state index contributed by atoms with van der Waals surface area (Å²) in [6.07, 6.45) is 2.87. The van der Waals surface area contributed by atoms with Crippen molar-refractivity contribution in [3.05, 3.63) is 70.8 Å². The molecule has 0 spiro atoms. The molecule has 5 nitrogen and oxygen atoms in total. The number of benzene rings is 1. The van der Waals surface area contributed by atoms with Crippen LogP contribution in [-0.4, -0.2) is 40.0 Å². The Labute approximate surface area is 158 Å². The van der Waals surface area contributed by atoms with Crippen LogP contribution in [0.1, 0.15) is 18.0 Å². The smallest absolute Gasteiger partial charge is 0.250 e. The standard InChI is InChI=1S/C22H25N3O2/c26-19(15-24-9-8-17-4-1-2-5-20(17)24)14-23-11-16-10-18(13-23)21-6-3-7-22(27)25(21)12-16/h1-9,16,18-19,26H,10-15H2/p+1/t16-,18+,19+/m0/s1. The molecule has 5 heteroatoms. The molecule has 0 aliphatic carbocycles. The molecule has 5 rings (SSSR count). The van der Waals surface area contributed by atoms with E-state index in [0.29, 0.717) is 18.4 Å². The number of hydrogen-bond donors (Lipinski definition) is 2. The van der Waals surface area contributed by atoms with E-state index in [1.807, 2.05) is 22.8 Å². The summed E-state index contributed by atoms with van der Waals surface area (Å²) in [5, 5.41) is 12.0. The van der Waals surface area contributed by atoms with Crippen molar-refractivity contribution in [1.82, 2.24) is 9.13 Å². The van der Waals surface area contributed by atoms with Crippen LogP contribution < -0.4 is 10.5 Å². The van der Waals surface area contributed by atoms with E-state index in [-0.39, 0.29) is 11.7 Å². The molecule has 3 aromatic rings. The fraction of sp³-hybridized carbons (Fsp3) is 0.409. The lowest BCUT2D eigenvalue weighted by Crippen LogP contribution is -3.15. The number of para-hydroxylation sites is 1. The number of aromatic nitrogens is 2. The molecule has 2 aliphatic heterocycles. The molecule has 2 bridgehead atoms. The Bertz CT molecular complexity index is 1020. The van der Waals surface area contributed by atoms with Gasteiger partial charge in [-0.1, -0.05) is 24.3 Å². The van der Waals surface area contributed by atoms with Crippen molar-refractivity contribution in [2.75, 3.05) is 19.6 Å². The van der Waals surface area contributed by atoms with Crippen LogP contribution in [0.4, 0.5) is 0 Å². The van der Waals surface area contributed by atoms with Crippen LogP contribution in [-0.2, 0) is 13.1 Å². The van der Waals surface area contributed by atoms with Crippen LogP contribution in [0.3, 0.4) is 0 Å². The number of fused-ring (bicyclic) bond motifs is 5. The molecular weight excluding hydrogens is 338 g/mol. The number of hydrogen-bond acceptors (Lipinski definition) is 2. The van der Waals surface area contributed by atoms with Gasteiger partial charge >= 0.3 is 0 Å². The zero-order valence-corrected chi connectivity index (χ0v) is 15.4. The van der Waals surface area contributed by atoms with E-state index < -0.39 is 0 Å². The van der Waals surface area contributed by atoms with Crippen LogP contribution >= 0.6 is 0 Å². The minimum atomic E-state index is -0.368. The highest BCUT2D eigenvalue weighted by atomic mass is 16.3. The third-order valence-electron chi connectivity index (χ3n) is 6.28. The number of piperidine rings is 1. The van der Waals surface area contributed by atoms with Crippen molar-refractivity contribution < 1.29 is 10.0 Å². The fourth-order valence-corrected chi connectivity index (χ4v) is 5.21. The van der Waals surface area contributed by atoms with Crippen LogP contribution in [0.2, 0.25) is 0 Å².